The van der Waals surface area contributed by atoms with Gasteiger partial charge in [0.25, 0.3) is 5.91 Å². The van der Waals surface area contributed by atoms with E-state index in [-0.39, 0.29) is 18.1 Å². The number of fused-ring (bicyclic) bond motifs is 1. The van der Waals surface area contributed by atoms with Crippen LogP contribution in [0, 0.1) is 6.92 Å². The highest BCUT2D eigenvalue weighted by Gasteiger charge is 2.30. The number of carbonyl (C=O) groups excluding carboxylic acids is 1. The van der Waals surface area contributed by atoms with Gasteiger partial charge in [0.15, 0.2) is 0 Å². The number of hydrogen-bond donors (Lipinski definition) is 1. The Morgan fingerprint density at radius 2 is 2.19 bits per heavy atom. The lowest BCUT2D eigenvalue weighted by molar-refractivity contribution is -0.0385. The van der Waals surface area contributed by atoms with Gasteiger partial charge in [-0.05, 0) is 32.9 Å². The van der Waals surface area contributed by atoms with E-state index in [0.29, 0.717) is 23.7 Å². The zero-order chi connectivity index (χ0) is 15.1. The summed E-state index contributed by atoms with van der Waals surface area (Å²) >= 11 is 1.48. The fourth-order valence-corrected chi connectivity index (χ4v) is 3.77. The predicted octanol–water partition coefficient (Wildman–Crippen LogP) is 3.04. The number of hydrogen-bond acceptors (Lipinski definition) is 4. The van der Waals surface area contributed by atoms with E-state index in [2.05, 4.69) is 0 Å². The number of nitrogen functional groups attached to an aromatic ring is 1. The molecule has 2 heterocycles. The van der Waals surface area contributed by atoms with Crippen LogP contribution in [0.2, 0.25) is 0 Å². The van der Waals surface area contributed by atoms with Crippen LogP contribution in [0.5, 0.6) is 0 Å². The monoisotopic (exact) mass is 304 g/mol. The highest BCUT2D eigenvalue weighted by atomic mass is 32.1. The molecule has 0 radical (unpaired) electrons. The molecular formula is C16H20N2O2S. The topological polar surface area (TPSA) is 55.6 Å². The van der Waals surface area contributed by atoms with E-state index in [9.17, 15) is 4.79 Å². The number of amides is 1. The largest absolute Gasteiger partial charge is 0.397 e. The highest BCUT2D eigenvalue weighted by Crippen LogP contribution is 2.35. The molecule has 2 aromatic rings. The molecule has 2 N–H and O–H groups in total. The van der Waals surface area contributed by atoms with Crippen LogP contribution in [-0.2, 0) is 4.74 Å². The maximum Gasteiger partial charge on any atom is 0.266 e. The normalized spacial score (nSPS) is 22.7. The van der Waals surface area contributed by atoms with Crippen molar-refractivity contribution >= 4 is 33.0 Å². The van der Waals surface area contributed by atoms with Crippen LogP contribution in [0.4, 0.5) is 5.69 Å². The van der Waals surface area contributed by atoms with Crippen LogP contribution in [0.3, 0.4) is 0 Å². The van der Waals surface area contributed by atoms with Crippen LogP contribution in [0.15, 0.2) is 18.2 Å². The Bertz CT molecular complexity index is 695. The molecule has 1 aliphatic heterocycles. The lowest BCUT2D eigenvalue weighted by Crippen LogP contribution is -2.50. The zero-order valence-electron chi connectivity index (χ0n) is 12.6. The van der Waals surface area contributed by atoms with Crippen molar-refractivity contribution in [2.75, 3.05) is 18.9 Å². The fraction of sp³-hybridized carbons (Fsp3) is 0.438. The van der Waals surface area contributed by atoms with Crippen molar-refractivity contribution < 1.29 is 9.53 Å². The van der Waals surface area contributed by atoms with E-state index in [1.54, 1.807) is 0 Å². The molecule has 112 valence electrons. The van der Waals surface area contributed by atoms with E-state index in [1.165, 1.54) is 11.3 Å². The van der Waals surface area contributed by atoms with Crippen LogP contribution >= 0.6 is 11.3 Å². The number of morpholine rings is 1. The summed E-state index contributed by atoms with van der Waals surface area (Å²) in [6, 6.07) is 6.21. The molecule has 1 saturated heterocycles. The van der Waals surface area contributed by atoms with Gasteiger partial charge in [0, 0.05) is 16.6 Å². The number of carbonyl (C=O) groups is 1. The Kier molecular flexibility index (Phi) is 3.63. The van der Waals surface area contributed by atoms with Crippen LogP contribution < -0.4 is 5.73 Å². The summed E-state index contributed by atoms with van der Waals surface area (Å²) < 4.78 is 6.65. The van der Waals surface area contributed by atoms with Gasteiger partial charge in [0.1, 0.15) is 4.88 Å². The molecule has 4 nitrogen and oxygen atoms in total. The Balaban J connectivity index is 1.99. The molecule has 0 aliphatic carbocycles. The van der Waals surface area contributed by atoms with Crippen molar-refractivity contribution in [3.8, 4) is 0 Å². The van der Waals surface area contributed by atoms with Gasteiger partial charge in [0.05, 0.1) is 24.4 Å². The number of benzene rings is 1. The highest BCUT2D eigenvalue weighted by molar-refractivity contribution is 7.21. The molecule has 1 fully saturated rings. The third kappa shape index (κ3) is 2.51. The van der Waals surface area contributed by atoms with E-state index in [4.69, 9.17) is 10.5 Å². The molecule has 0 saturated carbocycles. The standard InChI is InChI=1S/C16H20N2O2S/c1-9-4-5-13-12(6-9)14(17)15(21-13)16(19)18-7-11(3)20-8-10(18)2/h4-6,10-11H,7-8,17H2,1-3H3. The zero-order valence-corrected chi connectivity index (χ0v) is 13.4. The summed E-state index contributed by atoms with van der Waals surface area (Å²) in [5.74, 6) is 0.0222. The Morgan fingerprint density at radius 1 is 1.43 bits per heavy atom. The Labute approximate surface area is 128 Å². The summed E-state index contributed by atoms with van der Waals surface area (Å²) in [7, 11) is 0. The van der Waals surface area contributed by atoms with Gasteiger partial charge in [-0.1, -0.05) is 11.6 Å². The quantitative estimate of drug-likeness (QED) is 0.881. The SMILES string of the molecule is Cc1ccc2sc(C(=O)N3CC(C)OCC3C)c(N)c2c1. The van der Waals surface area contributed by atoms with Crippen molar-refractivity contribution in [1.29, 1.82) is 0 Å². The summed E-state index contributed by atoms with van der Waals surface area (Å²) in [5.41, 5.74) is 7.99. The minimum Gasteiger partial charge on any atom is -0.397 e. The lowest BCUT2D eigenvalue weighted by Gasteiger charge is -2.36. The third-order valence-corrected chi connectivity index (χ3v) is 5.12. The van der Waals surface area contributed by atoms with E-state index < -0.39 is 0 Å². The lowest BCUT2D eigenvalue weighted by atomic mass is 10.1. The molecule has 2 unspecified atom stereocenters. The van der Waals surface area contributed by atoms with E-state index in [1.807, 2.05) is 43.9 Å². The van der Waals surface area contributed by atoms with Gasteiger partial charge < -0.3 is 15.4 Å². The smallest absolute Gasteiger partial charge is 0.266 e. The average molecular weight is 304 g/mol. The Hall–Kier alpha value is -1.59. The number of aryl methyl sites for hydroxylation is 1. The number of anilines is 1. The summed E-state index contributed by atoms with van der Waals surface area (Å²) in [4.78, 5) is 15.4. The summed E-state index contributed by atoms with van der Waals surface area (Å²) in [6.45, 7) is 7.23. The second kappa shape index (κ2) is 5.31. The molecule has 1 aromatic heterocycles. The molecule has 21 heavy (non-hydrogen) atoms. The molecule has 1 amide bonds. The van der Waals surface area contributed by atoms with Gasteiger partial charge in [-0.2, -0.15) is 0 Å². The average Bonchev–Trinajstić information content (AvgIpc) is 2.78. The molecule has 5 heteroatoms. The predicted molar refractivity (Wildman–Crippen MR) is 86.9 cm³/mol. The van der Waals surface area contributed by atoms with E-state index >= 15 is 0 Å². The summed E-state index contributed by atoms with van der Waals surface area (Å²) in [6.07, 6.45) is 0.0722. The van der Waals surface area contributed by atoms with Gasteiger partial charge in [0.2, 0.25) is 0 Å². The van der Waals surface area contributed by atoms with Gasteiger partial charge in [-0.15, -0.1) is 11.3 Å². The number of rotatable bonds is 1. The van der Waals surface area contributed by atoms with Crippen molar-refractivity contribution in [2.45, 2.75) is 32.9 Å². The first-order valence-electron chi connectivity index (χ1n) is 7.18. The molecule has 1 aliphatic rings. The first-order chi connectivity index (χ1) is 9.97. The minimum absolute atomic E-state index is 0.0222. The molecule has 0 bridgehead atoms. The van der Waals surface area contributed by atoms with Crippen molar-refractivity contribution in [3.63, 3.8) is 0 Å². The van der Waals surface area contributed by atoms with Gasteiger partial charge in [-0.3, -0.25) is 4.79 Å². The number of ether oxygens (including phenoxy) is 1. The number of thiophene rings is 1. The van der Waals surface area contributed by atoms with Gasteiger partial charge in [-0.25, -0.2) is 0 Å². The van der Waals surface area contributed by atoms with E-state index in [0.717, 1.165) is 15.6 Å². The molecular weight excluding hydrogens is 284 g/mol. The van der Waals surface area contributed by atoms with Crippen molar-refractivity contribution in [3.05, 3.63) is 28.6 Å². The maximum atomic E-state index is 12.8. The van der Waals surface area contributed by atoms with Crippen LogP contribution in [0.1, 0.15) is 29.1 Å². The second-order valence-corrected chi connectivity index (χ2v) is 6.85. The van der Waals surface area contributed by atoms with Crippen molar-refractivity contribution in [2.24, 2.45) is 0 Å². The maximum absolute atomic E-state index is 12.8. The molecule has 3 rings (SSSR count). The Morgan fingerprint density at radius 3 is 2.95 bits per heavy atom. The first-order valence-corrected chi connectivity index (χ1v) is 8.00. The molecule has 1 aromatic carbocycles. The van der Waals surface area contributed by atoms with Crippen LogP contribution in [-0.4, -0.2) is 36.1 Å². The van der Waals surface area contributed by atoms with Crippen molar-refractivity contribution in [1.82, 2.24) is 4.90 Å². The third-order valence-electron chi connectivity index (χ3n) is 3.94. The number of nitrogens with zero attached hydrogens (tertiary/aromatic N) is 1. The summed E-state index contributed by atoms with van der Waals surface area (Å²) in [5, 5.41) is 0.984. The number of nitrogens with two attached hydrogens (primary N) is 1. The molecule has 2 atom stereocenters. The first kappa shape index (κ1) is 14.4. The minimum atomic E-state index is 0.0222. The molecule has 0 spiro atoms. The fourth-order valence-electron chi connectivity index (χ4n) is 2.71. The second-order valence-electron chi connectivity index (χ2n) is 5.79. The van der Waals surface area contributed by atoms with Gasteiger partial charge >= 0.3 is 0 Å². The van der Waals surface area contributed by atoms with Crippen LogP contribution in [0.25, 0.3) is 10.1 Å².